The van der Waals surface area contributed by atoms with Gasteiger partial charge in [-0.05, 0) is 25.1 Å². The Morgan fingerprint density at radius 1 is 1.04 bits per heavy atom. The molecule has 0 aliphatic heterocycles. The normalized spacial score (nSPS) is 10.4. The molecule has 0 aromatic heterocycles. The summed E-state index contributed by atoms with van der Waals surface area (Å²) in [6.45, 7) is -1.06. The van der Waals surface area contributed by atoms with Crippen molar-refractivity contribution in [2.45, 2.75) is 13.5 Å². The molecule has 6 nitrogen and oxygen atoms in total. The second-order valence-corrected chi connectivity index (χ2v) is 5.03. The lowest BCUT2D eigenvalue weighted by molar-refractivity contribution is -0.0514. The molecule has 0 radical (unpaired) electrons. The summed E-state index contributed by atoms with van der Waals surface area (Å²) in [6, 6.07) is 8.88. The van der Waals surface area contributed by atoms with Gasteiger partial charge in [0.25, 0.3) is 5.91 Å². The van der Waals surface area contributed by atoms with Crippen LogP contribution in [0.25, 0.3) is 0 Å². The number of carbonyl (C=O) groups is 1. The van der Waals surface area contributed by atoms with E-state index in [4.69, 9.17) is 14.2 Å². The van der Waals surface area contributed by atoms with Crippen LogP contribution in [0.1, 0.15) is 17.3 Å². The van der Waals surface area contributed by atoms with Crippen molar-refractivity contribution in [1.82, 2.24) is 0 Å². The molecule has 2 aromatic carbocycles. The minimum Gasteiger partial charge on any atom is -0.497 e. The summed E-state index contributed by atoms with van der Waals surface area (Å²) in [5.41, 5.74) is 0.675. The Hall–Kier alpha value is -3.03. The van der Waals surface area contributed by atoms with Gasteiger partial charge in [0.2, 0.25) is 0 Å². The first kappa shape index (κ1) is 19.3. The van der Waals surface area contributed by atoms with E-state index in [2.05, 4.69) is 10.1 Å². The number of hydrogen-bond acceptors (Lipinski definition) is 5. The molecule has 0 aliphatic rings. The number of hydrogen-bond donors (Lipinski definition) is 1. The number of rotatable bonds is 8. The van der Waals surface area contributed by atoms with Crippen LogP contribution < -0.4 is 24.3 Å². The molecule has 0 atom stereocenters. The predicted octanol–water partition coefficient (Wildman–Crippen LogP) is 3.96. The highest BCUT2D eigenvalue weighted by Crippen LogP contribution is 2.31. The van der Waals surface area contributed by atoms with Crippen molar-refractivity contribution in [3.63, 3.8) is 0 Å². The summed E-state index contributed by atoms with van der Waals surface area (Å²) in [4.78, 5) is 12.5. The highest BCUT2D eigenvalue weighted by Gasteiger charge is 2.15. The standard InChI is InChI=1S/C18H19F2NO5/c1-4-25-16-7-11(5-6-15(16)26-18(19)20)17(22)21-12-8-13(23-2)10-14(9-12)24-3/h5-10,18H,4H2,1-3H3,(H,21,22). The molecule has 0 unspecified atom stereocenters. The van der Waals surface area contributed by atoms with Gasteiger partial charge in [-0.2, -0.15) is 8.78 Å². The van der Waals surface area contributed by atoms with E-state index in [9.17, 15) is 13.6 Å². The van der Waals surface area contributed by atoms with E-state index >= 15 is 0 Å². The van der Waals surface area contributed by atoms with Crippen LogP contribution in [-0.4, -0.2) is 33.3 Å². The number of anilines is 1. The predicted molar refractivity (Wildman–Crippen MR) is 91.7 cm³/mol. The Kier molecular flexibility index (Phi) is 6.60. The summed E-state index contributed by atoms with van der Waals surface area (Å²) >= 11 is 0. The van der Waals surface area contributed by atoms with Crippen LogP contribution in [0.5, 0.6) is 23.0 Å². The minimum atomic E-state index is -2.99. The number of nitrogens with one attached hydrogen (secondary N) is 1. The van der Waals surface area contributed by atoms with E-state index in [0.29, 0.717) is 17.2 Å². The summed E-state index contributed by atoms with van der Waals surface area (Å²) < 4.78 is 44.9. The summed E-state index contributed by atoms with van der Waals surface area (Å²) in [7, 11) is 2.99. The monoisotopic (exact) mass is 367 g/mol. The van der Waals surface area contributed by atoms with Gasteiger partial charge in [0.1, 0.15) is 11.5 Å². The maximum Gasteiger partial charge on any atom is 0.387 e. The van der Waals surface area contributed by atoms with E-state index in [0.717, 1.165) is 0 Å². The number of carbonyl (C=O) groups excluding carboxylic acids is 1. The zero-order valence-corrected chi connectivity index (χ0v) is 14.5. The molecule has 1 N–H and O–H groups in total. The van der Waals surface area contributed by atoms with Crippen molar-refractivity contribution in [2.24, 2.45) is 0 Å². The SMILES string of the molecule is CCOc1cc(C(=O)Nc2cc(OC)cc(OC)c2)ccc1OC(F)F. The third-order valence-electron chi connectivity index (χ3n) is 3.33. The fourth-order valence-corrected chi connectivity index (χ4v) is 2.19. The Morgan fingerprint density at radius 3 is 2.23 bits per heavy atom. The van der Waals surface area contributed by atoms with E-state index in [1.54, 1.807) is 25.1 Å². The van der Waals surface area contributed by atoms with Crippen molar-refractivity contribution in [1.29, 1.82) is 0 Å². The van der Waals surface area contributed by atoms with Gasteiger partial charge >= 0.3 is 6.61 Å². The number of halogens is 2. The third kappa shape index (κ3) is 4.98. The minimum absolute atomic E-state index is 0.0590. The first-order chi connectivity index (χ1) is 12.5. The van der Waals surface area contributed by atoms with Gasteiger partial charge in [0.05, 0.1) is 20.8 Å². The van der Waals surface area contributed by atoms with Crippen LogP contribution in [0.2, 0.25) is 0 Å². The topological polar surface area (TPSA) is 66.0 Å². The van der Waals surface area contributed by atoms with Gasteiger partial charge < -0.3 is 24.3 Å². The molecule has 0 saturated carbocycles. The largest absolute Gasteiger partial charge is 0.497 e. The Bertz CT molecular complexity index is 745. The van der Waals surface area contributed by atoms with E-state index in [-0.39, 0.29) is 23.7 Å². The van der Waals surface area contributed by atoms with Gasteiger partial charge in [-0.15, -0.1) is 0 Å². The molecule has 2 rings (SSSR count). The molecular weight excluding hydrogens is 348 g/mol. The fraction of sp³-hybridized carbons (Fsp3) is 0.278. The van der Waals surface area contributed by atoms with Gasteiger partial charge in [0, 0.05) is 29.4 Å². The second-order valence-electron chi connectivity index (χ2n) is 5.03. The number of amides is 1. The average Bonchev–Trinajstić information content (AvgIpc) is 2.62. The molecule has 0 saturated heterocycles. The Labute approximate surface area is 149 Å². The van der Waals surface area contributed by atoms with Gasteiger partial charge in [-0.1, -0.05) is 0 Å². The zero-order valence-electron chi connectivity index (χ0n) is 14.5. The lowest BCUT2D eigenvalue weighted by Gasteiger charge is -2.13. The molecule has 140 valence electrons. The van der Waals surface area contributed by atoms with E-state index < -0.39 is 12.5 Å². The van der Waals surface area contributed by atoms with Crippen LogP contribution in [-0.2, 0) is 0 Å². The molecule has 1 amide bonds. The molecule has 26 heavy (non-hydrogen) atoms. The van der Waals surface area contributed by atoms with Crippen LogP contribution in [0.3, 0.4) is 0 Å². The summed E-state index contributed by atoms with van der Waals surface area (Å²) in [5, 5.41) is 2.69. The lowest BCUT2D eigenvalue weighted by Crippen LogP contribution is -2.13. The smallest absolute Gasteiger partial charge is 0.387 e. The Morgan fingerprint density at radius 2 is 1.69 bits per heavy atom. The number of methoxy groups -OCH3 is 2. The van der Waals surface area contributed by atoms with Crippen LogP contribution in [0.4, 0.5) is 14.5 Å². The molecule has 0 fully saturated rings. The number of benzene rings is 2. The van der Waals surface area contributed by atoms with Crippen molar-refractivity contribution < 1.29 is 32.5 Å². The molecule has 0 aliphatic carbocycles. The van der Waals surface area contributed by atoms with Crippen LogP contribution in [0, 0.1) is 0 Å². The summed E-state index contributed by atoms with van der Waals surface area (Å²) in [5.74, 6) is 0.487. The average molecular weight is 367 g/mol. The third-order valence-corrected chi connectivity index (χ3v) is 3.33. The van der Waals surface area contributed by atoms with Crippen molar-refractivity contribution in [3.05, 3.63) is 42.0 Å². The van der Waals surface area contributed by atoms with Crippen LogP contribution in [0.15, 0.2) is 36.4 Å². The molecule has 0 bridgehead atoms. The summed E-state index contributed by atoms with van der Waals surface area (Å²) in [6.07, 6.45) is 0. The van der Waals surface area contributed by atoms with Crippen molar-refractivity contribution in [3.8, 4) is 23.0 Å². The molecule has 0 heterocycles. The second kappa shape index (κ2) is 8.89. The van der Waals surface area contributed by atoms with Gasteiger partial charge in [-0.3, -0.25) is 4.79 Å². The van der Waals surface area contributed by atoms with E-state index in [1.165, 1.54) is 32.4 Å². The van der Waals surface area contributed by atoms with Gasteiger partial charge in [-0.25, -0.2) is 0 Å². The molecule has 0 spiro atoms. The van der Waals surface area contributed by atoms with Gasteiger partial charge in [0.15, 0.2) is 11.5 Å². The highest BCUT2D eigenvalue weighted by molar-refractivity contribution is 6.04. The lowest BCUT2D eigenvalue weighted by atomic mass is 10.1. The zero-order chi connectivity index (χ0) is 19.1. The fourth-order valence-electron chi connectivity index (χ4n) is 2.19. The van der Waals surface area contributed by atoms with E-state index in [1.807, 2.05) is 0 Å². The molecule has 8 heteroatoms. The first-order valence-electron chi connectivity index (χ1n) is 7.73. The maximum absolute atomic E-state index is 12.5. The maximum atomic E-state index is 12.5. The number of ether oxygens (including phenoxy) is 4. The highest BCUT2D eigenvalue weighted by atomic mass is 19.3. The van der Waals surface area contributed by atoms with Crippen molar-refractivity contribution >= 4 is 11.6 Å². The Balaban J connectivity index is 2.25. The van der Waals surface area contributed by atoms with Crippen LogP contribution >= 0.6 is 0 Å². The first-order valence-corrected chi connectivity index (χ1v) is 7.73. The number of alkyl halides is 2. The quantitative estimate of drug-likeness (QED) is 0.765. The molecular formula is C18H19F2NO5. The van der Waals surface area contributed by atoms with Crippen molar-refractivity contribution in [2.75, 3.05) is 26.1 Å². The molecule has 2 aromatic rings.